The molecule has 0 radical (unpaired) electrons. The zero-order valence-corrected chi connectivity index (χ0v) is 13.2. The van der Waals surface area contributed by atoms with Crippen LogP contribution in [0.25, 0.3) is 0 Å². The van der Waals surface area contributed by atoms with E-state index in [1.807, 2.05) is 12.1 Å². The SMILES string of the molecule is CCN(Cc1ccc(NC(C)=O)cc1)CC1CCCCN1. The number of likely N-dealkylation sites (N-methyl/N-ethyl adjacent to an activating group) is 1. The topological polar surface area (TPSA) is 44.4 Å². The highest BCUT2D eigenvalue weighted by atomic mass is 16.1. The molecule has 1 aliphatic rings. The molecule has 1 aliphatic heterocycles. The standard InChI is InChI=1S/C17H27N3O/c1-3-20(13-17-6-4-5-11-18-17)12-15-7-9-16(10-8-15)19-14(2)21/h7-10,17-18H,3-6,11-13H2,1-2H3,(H,19,21). The van der Waals surface area contributed by atoms with Crippen LogP contribution >= 0.6 is 0 Å². The van der Waals surface area contributed by atoms with Crippen molar-refractivity contribution in [2.75, 3.05) is 25.0 Å². The van der Waals surface area contributed by atoms with Gasteiger partial charge in [0.25, 0.3) is 0 Å². The van der Waals surface area contributed by atoms with Gasteiger partial charge in [-0.2, -0.15) is 0 Å². The van der Waals surface area contributed by atoms with E-state index in [4.69, 9.17) is 0 Å². The molecule has 0 aromatic heterocycles. The largest absolute Gasteiger partial charge is 0.326 e. The molecule has 0 bridgehead atoms. The second-order valence-electron chi connectivity index (χ2n) is 5.85. The van der Waals surface area contributed by atoms with E-state index in [9.17, 15) is 4.79 Å². The molecule has 1 fully saturated rings. The molecule has 1 aromatic rings. The van der Waals surface area contributed by atoms with E-state index < -0.39 is 0 Å². The van der Waals surface area contributed by atoms with Crippen LogP contribution in [-0.2, 0) is 11.3 Å². The summed E-state index contributed by atoms with van der Waals surface area (Å²) in [5.41, 5.74) is 2.16. The first kappa shape index (κ1) is 16.0. The highest BCUT2D eigenvalue weighted by Gasteiger charge is 2.15. The van der Waals surface area contributed by atoms with Crippen molar-refractivity contribution < 1.29 is 4.79 Å². The number of amides is 1. The molecular weight excluding hydrogens is 262 g/mol. The third kappa shape index (κ3) is 5.48. The number of rotatable bonds is 6. The minimum absolute atomic E-state index is 0.0266. The lowest BCUT2D eigenvalue weighted by atomic mass is 10.0. The third-order valence-electron chi connectivity index (χ3n) is 4.02. The molecule has 0 aliphatic carbocycles. The Bertz CT molecular complexity index is 438. The minimum atomic E-state index is -0.0266. The van der Waals surface area contributed by atoms with Gasteiger partial charge in [-0.25, -0.2) is 0 Å². The second-order valence-corrected chi connectivity index (χ2v) is 5.85. The van der Waals surface area contributed by atoms with Crippen molar-refractivity contribution in [1.29, 1.82) is 0 Å². The fourth-order valence-corrected chi connectivity index (χ4v) is 2.85. The Hall–Kier alpha value is -1.39. The van der Waals surface area contributed by atoms with Gasteiger partial charge in [0.05, 0.1) is 0 Å². The molecule has 0 spiro atoms. The number of piperidine rings is 1. The van der Waals surface area contributed by atoms with Crippen molar-refractivity contribution in [2.45, 2.75) is 45.7 Å². The Kier molecular flexibility index (Phi) is 6.21. The maximum atomic E-state index is 11.0. The first-order valence-electron chi connectivity index (χ1n) is 7.99. The number of anilines is 1. The minimum Gasteiger partial charge on any atom is -0.326 e. The van der Waals surface area contributed by atoms with Crippen molar-refractivity contribution in [3.8, 4) is 0 Å². The molecule has 116 valence electrons. The highest BCUT2D eigenvalue weighted by molar-refractivity contribution is 5.88. The van der Waals surface area contributed by atoms with E-state index in [-0.39, 0.29) is 5.91 Å². The molecule has 1 heterocycles. The van der Waals surface area contributed by atoms with Gasteiger partial charge in [0.15, 0.2) is 0 Å². The summed E-state index contributed by atoms with van der Waals surface area (Å²) in [6.07, 6.45) is 3.95. The van der Waals surface area contributed by atoms with Gasteiger partial charge in [0.2, 0.25) is 5.91 Å². The maximum absolute atomic E-state index is 11.0. The summed E-state index contributed by atoms with van der Waals surface area (Å²) in [6.45, 7) is 8.05. The van der Waals surface area contributed by atoms with Crippen molar-refractivity contribution >= 4 is 11.6 Å². The molecule has 4 heteroatoms. The molecule has 1 atom stereocenters. The summed E-state index contributed by atoms with van der Waals surface area (Å²) in [6, 6.07) is 8.79. The van der Waals surface area contributed by atoms with Crippen LogP contribution < -0.4 is 10.6 Å². The number of carbonyl (C=O) groups is 1. The normalized spacial score (nSPS) is 18.7. The van der Waals surface area contributed by atoms with Gasteiger partial charge < -0.3 is 10.6 Å². The lowest BCUT2D eigenvalue weighted by Gasteiger charge is -2.30. The van der Waals surface area contributed by atoms with Gasteiger partial charge in [-0.15, -0.1) is 0 Å². The van der Waals surface area contributed by atoms with Gasteiger partial charge in [-0.1, -0.05) is 25.5 Å². The molecule has 2 rings (SSSR count). The molecule has 1 amide bonds. The average Bonchev–Trinajstić information content (AvgIpc) is 2.49. The number of hydrogen-bond donors (Lipinski definition) is 2. The summed E-state index contributed by atoms with van der Waals surface area (Å²) in [5.74, 6) is -0.0266. The molecule has 4 nitrogen and oxygen atoms in total. The molecule has 1 unspecified atom stereocenters. The number of benzene rings is 1. The number of nitrogens with zero attached hydrogens (tertiary/aromatic N) is 1. The predicted molar refractivity (Wildman–Crippen MR) is 87.3 cm³/mol. The Morgan fingerprint density at radius 3 is 2.67 bits per heavy atom. The maximum Gasteiger partial charge on any atom is 0.221 e. The van der Waals surface area contributed by atoms with E-state index in [2.05, 4.69) is 34.6 Å². The van der Waals surface area contributed by atoms with Crippen molar-refractivity contribution in [1.82, 2.24) is 10.2 Å². The number of hydrogen-bond acceptors (Lipinski definition) is 3. The Morgan fingerprint density at radius 1 is 1.33 bits per heavy atom. The number of nitrogens with one attached hydrogen (secondary N) is 2. The molecular formula is C17H27N3O. The van der Waals surface area contributed by atoms with Crippen LogP contribution in [0.1, 0.15) is 38.7 Å². The van der Waals surface area contributed by atoms with Crippen LogP contribution in [0.5, 0.6) is 0 Å². The van der Waals surface area contributed by atoms with Gasteiger partial charge in [-0.3, -0.25) is 9.69 Å². The molecule has 2 N–H and O–H groups in total. The quantitative estimate of drug-likeness (QED) is 0.846. The summed E-state index contributed by atoms with van der Waals surface area (Å²) in [5, 5.41) is 6.41. The zero-order valence-electron chi connectivity index (χ0n) is 13.2. The van der Waals surface area contributed by atoms with E-state index in [0.29, 0.717) is 6.04 Å². The molecule has 1 aromatic carbocycles. The zero-order chi connectivity index (χ0) is 15.1. The van der Waals surface area contributed by atoms with Crippen LogP contribution in [-0.4, -0.2) is 36.5 Å². The van der Waals surface area contributed by atoms with Crippen LogP contribution in [0.15, 0.2) is 24.3 Å². The van der Waals surface area contributed by atoms with Gasteiger partial charge in [-0.05, 0) is 43.6 Å². The highest BCUT2D eigenvalue weighted by Crippen LogP contribution is 2.13. The van der Waals surface area contributed by atoms with Crippen molar-refractivity contribution in [3.05, 3.63) is 29.8 Å². The predicted octanol–water partition coefficient (Wildman–Crippen LogP) is 2.61. The van der Waals surface area contributed by atoms with E-state index in [0.717, 1.165) is 31.9 Å². The lowest BCUT2D eigenvalue weighted by molar-refractivity contribution is -0.114. The summed E-state index contributed by atoms with van der Waals surface area (Å²) < 4.78 is 0. The Balaban J connectivity index is 1.86. The average molecular weight is 289 g/mol. The van der Waals surface area contributed by atoms with Crippen LogP contribution in [0.4, 0.5) is 5.69 Å². The monoisotopic (exact) mass is 289 g/mol. The second kappa shape index (κ2) is 8.15. The summed E-state index contributed by atoms with van der Waals surface area (Å²) >= 11 is 0. The molecule has 0 saturated carbocycles. The van der Waals surface area contributed by atoms with Gasteiger partial charge >= 0.3 is 0 Å². The summed E-state index contributed by atoms with van der Waals surface area (Å²) in [4.78, 5) is 13.5. The van der Waals surface area contributed by atoms with Crippen LogP contribution in [0.3, 0.4) is 0 Å². The molecule has 1 saturated heterocycles. The van der Waals surface area contributed by atoms with Gasteiger partial charge in [0, 0.05) is 31.7 Å². The van der Waals surface area contributed by atoms with Crippen molar-refractivity contribution in [2.24, 2.45) is 0 Å². The Morgan fingerprint density at radius 2 is 2.10 bits per heavy atom. The van der Waals surface area contributed by atoms with Crippen LogP contribution in [0, 0.1) is 0 Å². The summed E-state index contributed by atoms with van der Waals surface area (Å²) in [7, 11) is 0. The fourth-order valence-electron chi connectivity index (χ4n) is 2.85. The van der Waals surface area contributed by atoms with Crippen LogP contribution in [0.2, 0.25) is 0 Å². The number of carbonyl (C=O) groups excluding carboxylic acids is 1. The Labute approximate surface area is 127 Å². The van der Waals surface area contributed by atoms with E-state index >= 15 is 0 Å². The van der Waals surface area contributed by atoms with E-state index in [1.54, 1.807) is 0 Å². The fraction of sp³-hybridized carbons (Fsp3) is 0.588. The first-order valence-corrected chi connectivity index (χ1v) is 7.99. The van der Waals surface area contributed by atoms with E-state index in [1.165, 1.54) is 31.7 Å². The van der Waals surface area contributed by atoms with Crippen molar-refractivity contribution in [3.63, 3.8) is 0 Å². The first-order chi connectivity index (χ1) is 10.2. The third-order valence-corrected chi connectivity index (χ3v) is 4.02. The van der Waals surface area contributed by atoms with Gasteiger partial charge in [0.1, 0.15) is 0 Å². The smallest absolute Gasteiger partial charge is 0.221 e. The molecule has 21 heavy (non-hydrogen) atoms. The lowest BCUT2D eigenvalue weighted by Crippen LogP contribution is -2.43.